The smallest absolute Gasteiger partial charge is 0.273 e. The monoisotopic (exact) mass is 320 g/mol. The maximum atomic E-state index is 12.7. The van der Waals surface area contributed by atoms with Crippen LogP contribution >= 0.6 is 0 Å². The van der Waals surface area contributed by atoms with Crippen LogP contribution in [0.1, 0.15) is 17.7 Å². The van der Waals surface area contributed by atoms with Gasteiger partial charge in [0.1, 0.15) is 5.69 Å². The molecule has 122 valence electrons. The molecule has 0 amide bonds. The number of hydrogen-bond acceptors (Lipinski definition) is 3. The maximum Gasteiger partial charge on any atom is 0.273 e. The Kier molecular flexibility index (Phi) is 5.18. The van der Waals surface area contributed by atoms with E-state index >= 15 is 0 Å². The fourth-order valence-corrected chi connectivity index (χ4v) is 2.69. The molecule has 0 radical (unpaired) electrons. The van der Waals surface area contributed by atoms with Crippen LogP contribution in [0.2, 0.25) is 0 Å². The molecule has 0 saturated carbocycles. The average Bonchev–Trinajstić information content (AvgIpc) is 2.63. The van der Waals surface area contributed by atoms with Crippen LogP contribution in [0.5, 0.6) is 0 Å². The van der Waals surface area contributed by atoms with Crippen LogP contribution < -0.4 is 5.56 Å². The van der Waals surface area contributed by atoms with Crippen molar-refractivity contribution in [3.63, 3.8) is 0 Å². The minimum atomic E-state index is -0.0835. The molecule has 1 aromatic heterocycles. The highest BCUT2D eigenvalue weighted by molar-refractivity contribution is 5.74. The van der Waals surface area contributed by atoms with Gasteiger partial charge in [-0.05, 0) is 30.5 Å². The summed E-state index contributed by atoms with van der Waals surface area (Å²) in [6.07, 6.45) is 5.02. The molecule has 0 saturated heterocycles. The molecule has 0 atom stereocenters. The van der Waals surface area contributed by atoms with Crippen LogP contribution in [0.25, 0.3) is 17.1 Å². The van der Waals surface area contributed by atoms with E-state index in [1.165, 1.54) is 0 Å². The van der Waals surface area contributed by atoms with E-state index in [9.17, 15) is 4.79 Å². The second-order valence-electron chi connectivity index (χ2n) is 5.60. The highest BCUT2D eigenvalue weighted by Crippen LogP contribution is 2.11. The van der Waals surface area contributed by atoms with Crippen molar-refractivity contribution in [3.05, 3.63) is 82.3 Å². The van der Waals surface area contributed by atoms with E-state index in [-0.39, 0.29) is 12.2 Å². The Morgan fingerprint density at radius 1 is 1.04 bits per heavy atom. The summed E-state index contributed by atoms with van der Waals surface area (Å²) in [4.78, 5) is 17.2. The van der Waals surface area contributed by atoms with Crippen LogP contribution in [0.4, 0.5) is 0 Å². The van der Waals surface area contributed by atoms with Gasteiger partial charge in [0.15, 0.2) is 0 Å². The lowest BCUT2D eigenvalue weighted by molar-refractivity contribution is 0.288. The molecule has 0 aliphatic heterocycles. The molecule has 1 heterocycles. The Bertz CT molecular complexity index is 898. The van der Waals surface area contributed by atoms with Gasteiger partial charge in [0, 0.05) is 13.2 Å². The SMILES string of the molecule is O=c1c(CCCO)nc2ccccc2n1CC=Cc1ccccc1. The van der Waals surface area contributed by atoms with Crippen LogP contribution in [0, 0.1) is 0 Å². The number of aryl methyl sites for hydroxylation is 1. The van der Waals surface area contributed by atoms with E-state index in [4.69, 9.17) is 5.11 Å². The van der Waals surface area contributed by atoms with Gasteiger partial charge in [-0.2, -0.15) is 0 Å². The van der Waals surface area contributed by atoms with Crippen molar-refractivity contribution in [1.29, 1.82) is 0 Å². The van der Waals surface area contributed by atoms with Crippen molar-refractivity contribution in [1.82, 2.24) is 9.55 Å². The summed E-state index contributed by atoms with van der Waals surface area (Å²) in [6.45, 7) is 0.546. The van der Waals surface area contributed by atoms with Gasteiger partial charge in [0.05, 0.1) is 11.0 Å². The highest BCUT2D eigenvalue weighted by Gasteiger charge is 2.09. The number of benzene rings is 2. The van der Waals surface area contributed by atoms with Crippen LogP contribution in [0.3, 0.4) is 0 Å². The first-order chi connectivity index (χ1) is 11.8. The third-order valence-corrected chi connectivity index (χ3v) is 3.89. The Morgan fingerprint density at radius 2 is 1.79 bits per heavy atom. The minimum Gasteiger partial charge on any atom is -0.396 e. The lowest BCUT2D eigenvalue weighted by Crippen LogP contribution is -2.25. The molecule has 0 aliphatic rings. The Labute approximate surface area is 140 Å². The largest absolute Gasteiger partial charge is 0.396 e. The molecule has 1 N–H and O–H groups in total. The first-order valence-electron chi connectivity index (χ1n) is 8.10. The molecule has 0 aliphatic carbocycles. The molecule has 4 nitrogen and oxygen atoms in total. The van der Waals surface area contributed by atoms with Crippen molar-refractivity contribution >= 4 is 17.1 Å². The van der Waals surface area contributed by atoms with E-state index in [2.05, 4.69) is 4.98 Å². The van der Waals surface area contributed by atoms with Gasteiger partial charge in [0.25, 0.3) is 5.56 Å². The van der Waals surface area contributed by atoms with E-state index < -0.39 is 0 Å². The van der Waals surface area contributed by atoms with Gasteiger partial charge < -0.3 is 9.67 Å². The summed E-state index contributed by atoms with van der Waals surface area (Å²) < 4.78 is 1.74. The maximum absolute atomic E-state index is 12.7. The average molecular weight is 320 g/mol. The number of rotatable bonds is 6. The second-order valence-corrected chi connectivity index (χ2v) is 5.60. The van der Waals surface area contributed by atoms with Crippen molar-refractivity contribution in [2.24, 2.45) is 0 Å². The Hall–Kier alpha value is -2.72. The third kappa shape index (κ3) is 3.60. The first kappa shape index (κ1) is 16.1. The molecule has 0 fully saturated rings. The van der Waals surface area contributed by atoms with E-state index in [1.807, 2.05) is 66.7 Å². The van der Waals surface area contributed by atoms with Crippen LogP contribution in [-0.4, -0.2) is 21.3 Å². The van der Waals surface area contributed by atoms with Gasteiger partial charge in [0.2, 0.25) is 0 Å². The molecule has 2 aromatic carbocycles. The van der Waals surface area contributed by atoms with Crippen LogP contribution in [-0.2, 0) is 13.0 Å². The number of para-hydroxylation sites is 2. The molecule has 0 bridgehead atoms. The molecule has 4 heteroatoms. The van der Waals surface area contributed by atoms with Gasteiger partial charge in [-0.25, -0.2) is 4.98 Å². The molecule has 0 spiro atoms. The molecule has 24 heavy (non-hydrogen) atoms. The van der Waals surface area contributed by atoms with Crippen LogP contribution in [0.15, 0.2) is 65.5 Å². The zero-order chi connectivity index (χ0) is 16.8. The fraction of sp³-hybridized carbons (Fsp3) is 0.200. The minimum absolute atomic E-state index is 0.0574. The van der Waals surface area contributed by atoms with Gasteiger partial charge in [-0.15, -0.1) is 0 Å². The van der Waals surface area contributed by atoms with Gasteiger partial charge in [-0.3, -0.25) is 4.79 Å². The van der Waals surface area contributed by atoms with E-state index in [0.717, 1.165) is 16.6 Å². The summed E-state index contributed by atoms with van der Waals surface area (Å²) in [5, 5.41) is 9.02. The lowest BCUT2D eigenvalue weighted by Gasteiger charge is -2.10. The van der Waals surface area contributed by atoms with Crippen molar-refractivity contribution in [3.8, 4) is 0 Å². The quantitative estimate of drug-likeness (QED) is 0.759. The summed E-state index contributed by atoms with van der Waals surface area (Å²) in [6, 6.07) is 17.7. The number of aliphatic hydroxyl groups excluding tert-OH is 1. The molecule has 0 unspecified atom stereocenters. The summed E-state index contributed by atoms with van der Waals surface area (Å²) in [5.74, 6) is 0. The number of hydrogen-bond donors (Lipinski definition) is 1. The summed E-state index contributed by atoms with van der Waals surface area (Å²) in [5.41, 5.74) is 3.16. The fourth-order valence-electron chi connectivity index (χ4n) is 2.69. The zero-order valence-electron chi connectivity index (χ0n) is 13.4. The zero-order valence-corrected chi connectivity index (χ0v) is 13.4. The molecular weight excluding hydrogens is 300 g/mol. The number of nitrogens with zero attached hydrogens (tertiary/aromatic N) is 2. The van der Waals surface area contributed by atoms with Crippen molar-refractivity contribution < 1.29 is 5.11 Å². The summed E-state index contributed by atoms with van der Waals surface area (Å²) in [7, 11) is 0. The van der Waals surface area contributed by atoms with E-state index in [1.54, 1.807) is 4.57 Å². The number of allylic oxidation sites excluding steroid dienone is 1. The second kappa shape index (κ2) is 7.70. The van der Waals surface area contributed by atoms with Gasteiger partial charge >= 0.3 is 0 Å². The first-order valence-corrected chi connectivity index (χ1v) is 8.10. The number of aliphatic hydroxyl groups is 1. The Balaban J connectivity index is 1.97. The van der Waals surface area contributed by atoms with Crippen molar-refractivity contribution in [2.75, 3.05) is 6.61 Å². The predicted octanol–water partition coefficient (Wildman–Crippen LogP) is 3.03. The standard InChI is InChI=1S/C20H20N2O2/c23-15-7-12-18-20(24)22(19-13-5-4-11-17(19)21-18)14-6-10-16-8-2-1-3-9-16/h1-6,8-11,13,23H,7,12,14-15H2. The highest BCUT2D eigenvalue weighted by atomic mass is 16.3. The summed E-state index contributed by atoms with van der Waals surface area (Å²) >= 11 is 0. The lowest BCUT2D eigenvalue weighted by atomic mass is 10.2. The van der Waals surface area contributed by atoms with E-state index in [0.29, 0.717) is 25.1 Å². The van der Waals surface area contributed by atoms with Crippen molar-refractivity contribution in [2.45, 2.75) is 19.4 Å². The Morgan fingerprint density at radius 3 is 2.58 bits per heavy atom. The predicted molar refractivity (Wildman–Crippen MR) is 96.9 cm³/mol. The molecular formula is C20H20N2O2. The normalized spacial score (nSPS) is 11.4. The number of fused-ring (bicyclic) bond motifs is 1. The topological polar surface area (TPSA) is 55.1 Å². The van der Waals surface area contributed by atoms with Gasteiger partial charge in [-0.1, -0.05) is 54.6 Å². The molecule has 3 rings (SSSR count). The molecule has 3 aromatic rings. The third-order valence-electron chi connectivity index (χ3n) is 3.89. The number of aromatic nitrogens is 2.